The minimum absolute atomic E-state index is 0. The molecule has 2 N–H and O–H groups in total. The van der Waals surface area contributed by atoms with Gasteiger partial charge in [-0.25, -0.2) is 24.9 Å². The van der Waals surface area contributed by atoms with Gasteiger partial charge in [0, 0.05) is 69.7 Å². The van der Waals surface area contributed by atoms with Crippen LogP contribution in [0.4, 0.5) is 0 Å². The van der Waals surface area contributed by atoms with Crippen molar-refractivity contribution < 1.29 is 0 Å². The fourth-order valence-corrected chi connectivity index (χ4v) is 3.20. The second-order valence-electron chi connectivity index (χ2n) is 11.6. The monoisotopic (exact) mass is 1060 g/mol. The average molecular weight is 1060 g/mol. The van der Waals surface area contributed by atoms with E-state index in [0.717, 1.165) is 28.6 Å². The average Bonchev–Trinajstić information content (AvgIpc) is 4.37. The molecule has 0 amide bonds. The first-order chi connectivity index (χ1) is 36.4. The molecule has 0 fully saturated rings. The fourth-order valence-electron chi connectivity index (χ4n) is 3.20. The molecule has 21 heteroatoms. The highest BCUT2D eigenvalue weighted by Gasteiger charge is 1.82. The van der Waals surface area contributed by atoms with Crippen molar-refractivity contribution >= 4 is 0 Å². The molecule has 430 valence electrons. The fraction of sp³-hybridized carbons (Fsp3) is 0.491. The quantitative estimate of drug-likeness (QED) is 0.143. The molecule has 0 aliphatic carbocycles. The van der Waals surface area contributed by atoms with Gasteiger partial charge in [0.1, 0.15) is 43.3 Å². The predicted octanol–water partition coefficient (Wildman–Crippen LogP) is 13.2. The molecule has 0 atom stereocenters. The summed E-state index contributed by atoms with van der Waals surface area (Å²) >= 11 is 0. The zero-order valence-electron chi connectivity index (χ0n) is 51.1. The minimum atomic E-state index is 0. The maximum atomic E-state index is 4.04. The van der Waals surface area contributed by atoms with Gasteiger partial charge in [0.05, 0.1) is 24.8 Å². The summed E-state index contributed by atoms with van der Waals surface area (Å²) in [6.07, 6.45) is 24.9. The molecule has 0 aromatic carbocycles. The van der Waals surface area contributed by atoms with Gasteiger partial charge in [-0.1, -0.05) is 129 Å². The SMILES string of the molecule is C.CC.CC.CC.CC.CC.CC.CC.CC.Cc1cccnc1.Cc1ccnc(C)c1.Cc1ccncn1.Cc1ccnnc1.Cc1ncn[nH]1.Cc1ncn[nH]1.Cn1ccnn1.Cn1cncn1.Cn1nccn1. The van der Waals surface area contributed by atoms with Gasteiger partial charge in [-0.2, -0.15) is 40.5 Å². The summed E-state index contributed by atoms with van der Waals surface area (Å²) in [5, 5.41) is 38.0. The van der Waals surface area contributed by atoms with Crippen LogP contribution in [0.5, 0.6) is 0 Å². The van der Waals surface area contributed by atoms with Crippen LogP contribution < -0.4 is 0 Å². The van der Waals surface area contributed by atoms with Crippen LogP contribution in [0.1, 0.15) is 158 Å². The van der Waals surface area contributed by atoms with Gasteiger partial charge < -0.3 is 0 Å². The summed E-state index contributed by atoms with van der Waals surface area (Å²) in [7, 11) is 5.43. The van der Waals surface area contributed by atoms with E-state index in [1.165, 1.54) is 41.2 Å². The Balaban J connectivity index is -0.0000000918. The number of nitrogens with zero attached hydrogens (tertiary/aromatic N) is 19. The Morgan fingerprint density at radius 3 is 1.09 bits per heavy atom. The molecule has 21 nitrogen and oxygen atoms in total. The second kappa shape index (κ2) is 78.6. The van der Waals surface area contributed by atoms with Gasteiger partial charge >= 0.3 is 0 Å². The lowest BCUT2D eigenvalue weighted by Crippen LogP contribution is -1.89. The topological polar surface area (TPSA) is 253 Å². The predicted molar refractivity (Wildman–Crippen MR) is 319 cm³/mol. The van der Waals surface area contributed by atoms with E-state index in [0.29, 0.717) is 0 Å². The Morgan fingerprint density at radius 2 is 0.921 bits per heavy atom. The molecular weight excluding hydrogens is 955 g/mol. The first-order valence-electron chi connectivity index (χ1n) is 25.7. The van der Waals surface area contributed by atoms with Crippen molar-refractivity contribution in [3.8, 4) is 0 Å². The molecule has 0 bridgehead atoms. The molecule has 0 spiro atoms. The minimum Gasteiger partial charge on any atom is -0.264 e. The number of hydrogen-bond acceptors (Lipinski definition) is 16. The van der Waals surface area contributed by atoms with Crippen LogP contribution in [0.15, 0.2) is 130 Å². The van der Waals surface area contributed by atoms with Crippen molar-refractivity contribution in [2.75, 3.05) is 0 Å². The number of H-pyrrole nitrogens is 2. The van der Waals surface area contributed by atoms with Crippen LogP contribution in [0, 0.1) is 48.5 Å². The highest BCUT2D eigenvalue weighted by atomic mass is 15.4. The summed E-state index contributed by atoms with van der Waals surface area (Å²) < 4.78 is 3.28. The molecule has 0 aliphatic heterocycles. The Hall–Kier alpha value is -7.84. The van der Waals surface area contributed by atoms with Crippen LogP contribution in [0.3, 0.4) is 0 Å². The Morgan fingerprint density at radius 1 is 0.395 bits per heavy atom. The van der Waals surface area contributed by atoms with E-state index < -0.39 is 0 Å². The van der Waals surface area contributed by atoms with Crippen molar-refractivity contribution in [3.63, 3.8) is 0 Å². The molecular formula is C55H105N21. The van der Waals surface area contributed by atoms with Crippen LogP contribution in [0.2, 0.25) is 0 Å². The Labute approximate surface area is 461 Å². The number of nitrogens with one attached hydrogen (secondary N) is 2. The van der Waals surface area contributed by atoms with Crippen molar-refractivity contribution in [1.82, 2.24) is 105 Å². The smallest absolute Gasteiger partial charge is 0.137 e. The third kappa shape index (κ3) is 75.1. The van der Waals surface area contributed by atoms with Gasteiger partial charge in [-0.3, -0.25) is 29.5 Å². The van der Waals surface area contributed by atoms with E-state index in [9.17, 15) is 0 Å². The van der Waals surface area contributed by atoms with Crippen molar-refractivity contribution in [1.29, 1.82) is 0 Å². The van der Waals surface area contributed by atoms with Gasteiger partial charge in [0.25, 0.3) is 0 Å². The summed E-state index contributed by atoms with van der Waals surface area (Å²) in [4.78, 5) is 28.2. The maximum absolute atomic E-state index is 4.04. The molecule has 0 saturated heterocycles. The molecule has 9 rings (SSSR count). The maximum Gasteiger partial charge on any atom is 0.137 e. The lowest BCUT2D eigenvalue weighted by molar-refractivity contribution is 0.654. The molecule has 0 radical (unpaired) electrons. The standard InChI is InChI=1S/C7H9N.C6H7N.2C5H6N2.5C3H5N3.8C2H6.CH4/c1-6-3-4-8-7(2)5-6;1-6-3-2-4-7-5-6;1-5-2-3-6-4-7-5;1-5-2-3-6-7-4-5;1-6-3-4-2-5-6;1-6-3-2-4-5-6;1-6-4-2-3-5-6;2*1-3-4-2-5-6-3;8*1-2;/h3-5H,1-2H3;2-5H,1H3;2*2-4H,1H3;3*2-3H,1H3;2*2H,1H3,(H,4,5,6);8*1-2H3;1H4. The number of rotatable bonds is 0. The van der Waals surface area contributed by atoms with Gasteiger partial charge in [0.15, 0.2) is 0 Å². The van der Waals surface area contributed by atoms with Crippen molar-refractivity contribution in [2.24, 2.45) is 21.1 Å². The van der Waals surface area contributed by atoms with Gasteiger partial charge in [-0.15, -0.1) is 5.10 Å². The zero-order chi connectivity index (χ0) is 59.4. The highest BCUT2D eigenvalue weighted by Crippen LogP contribution is 1.96. The summed E-state index contributed by atoms with van der Waals surface area (Å²) in [6, 6.07) is 11.8. The molecule has 76 heavy (non-hydrogen) atoms. The lowest BCUT2D eigenvalue weighted by Gasteiger charge is -1.90. The molecule has 9 heterocycles. The third-order valence-corrected chi connectivity index (χ3v) is 6.00. The number of aryl methyl sites for hydroxylation is 10. The molecule has 0 saturated carbocycles. The second-order valence-corrected chi connectivity index (χ2v) is 11.6. The number of hydrogen-bond donors (Lipinski definition) is 2. The zero-order valence-corrected chi connectivity index (χ0v) is 51.1. The van der Waals surface area contributed by atoms with Crippen LogP contribution in [-0.4, -0.2) is 105 Å². The molecule has 9 aromatic rings. The first kappa shape index (κ1) is 87.8. The molecule has 0 unspecified atom stereocenters. The normalized spacial score (nSPS) is 7.50. The van der Waals surface area contributed by atoms with E-state index in [4.69, 9.17) is 0 Å². The Kier molecular flexibility index (Phi) is 90.8. The largest absolute Gasteiger partial charge is 0.264 e. The van der Waals surface area contributed by atoms with E-state index in [1.54, 1.807) is 72.3 Å². The van der Waals surface area contributed by atoms with E-state index in [2.05, 4.69) is 104 Å². The number of aromatic amines is 2. The Bertz CT molecular complexity index is 1860. The van der Waals surface area contributed by atoms with E-state index in [-0.39, 0.29) is 7.43 Å². The van der Waals surface area contributed by atoms with Crippen LogP contribution >= 0.6 is 0 Å². The summed E-state index contributed by atoms with van der Waals surface area (Å²) in [6.45, 7) is 45.7. The number of aromatic nitrogens is 21. The molecule has 9 aromatic heterocycles. The van der Waals surface area contributed by atoms with Gasteiger partial charge in [0.2, 0.25) is 0 Å². The van der Waals surface area contributed by atoms with E-state index >= 15 is 0 Å². The van der Waals surface area contributed by atoms with Crippen LogP contribution in [-0.2, 0) is 21.1 Å². The van der Waals surface area contributed by atoms with Crippen molar-refractivity contribution in [3.05, 3.63) is 170 Å². The van der Waals surface area contributed by atoms with Gasteiger partial charge in [-0.05, 0) is 95.5 Å². The molecule has 0 aliphatic rings. The summed E-state index contributed by atoms with van der Waals surface area (Å²) in [5.41, 5.74) is 5.73. The van der Waals surface area contributed by atoms with Crippen molar-refractivity contribution in [2.45, 2.75) is 167 Å². The van der Waals surface area contributed by atoms with E-state index in [1.807, 2.05) is 209 Å². The third-order valence-electron chi connectivity index (χ3n) is 6.00. The number of pyridine rings is 2. The van der Waals surface area contributed by atoms with Crippen LogP contribution in [0.25, 0.3) is 0 Å². The highest BCUT2D eigenvalue weighted by molar-refractivity contribution is 5.12. The first-order valence-corrected chi connectivity index (χ1v) is 25.7. The lowest BCUT2D eigenvalue weighted by atomic mass is 10.3. The summed E-state index contributed by atoms with van der Waals surface area (Å²) in [5.74, 6) is 1.71.